The third-order valence-corrected chi connectivity index (χ3v) is 5.27. The van der Waals surface area contributed by atoms with E-state index in [1.807, 2.05) is 11.0 Å². The summed E-state index contributed by atoms with van der Waals surface area (Å²) < 4.78 is 0. The van der Waals surface area contributed by atoms with Gasteiger partial charge in [-0.15, -0.1) is 0 Å². The summed E-state index contributed by atoms with van der Waals surface area (Å²) in [5, 5.41) is 10.6. The second-order valence-corrected chi connectivity index (χ2v) is 7.15. The highest BCUT2D eigenvalue weighted by molar-refractivity contribution is 5.77. The lowest BCUT2D eigenvalue weighted by Crippen LogP contribution is -2.39. The summed E-state index contributed by atoms with van der Waals surface area (Å²) in [6.07, 6.45) is 7.35. The first kappa shape index (κ1) is 15.5. The Kier molecular flexibility index (Phi) is 4.82. The van der Waals surface area contributed by atoms with Crippen LogP contribution in [0.25, 0.3) is 0 Å². The van der Waals surface area contributed by atoms with Crippen molar-refractivity contribution in [1.82, 2.24) is 4.90 Å². The standard InChI is InChI=1S/C19H27NO2/c21-18(14-19(22)10-5-2-6-11-19)20-12-9-17(15-20)13-16-7-3-1-4-8-16/h1,3-4,7-8,17,22H,2,5-6,9-15H2. The van der Waals surface area contributed by atoms with Gasteiger partial charge in [-0.05, 0) is 37.2 Å². The highest BCUT2D eigenvalue weighted by atomic mass is 16.3. The number of hydrogen-bond donors (Lipinski definition) is 1. The Morgan fingerprint density at radius 3 is 2.64 bits per heavy atom. The fourth-order valence-corrected chi connectivity index (χ4v) is 3.95. The zero-order chi connectivity index (χ0) is 15.4. The zero-order valence-electron chi connectivity index (χ0n) is 13.3. The first-order valence-electron chi connectivity index (χ1n) is 8.69. The summed E-state index contributed by atoms with van der Waals surface area (Å²) in [5.41, 5.74) is 0.625. The van der Waals surface area contributed by atoms with Gasteiger partial charge in [-0.2, -0.15) is 0 Å². The molecule has 3 rings (SSSR count). The molecule has 1 atom stereocenters. The van der Waals surface area contributed by atoms with E-state index in [0.29, 0.717) is 12.3 Å². The number of amides is 1. The molecule has 2 fully saturated rings. The lowest BCUT2D eigenvalue weighted by molar-refractivity contribution is -0.136. The average Bonchev–Trinajstić information content (AvgIpc) is 2.97. The van der Waals surface area contributed by atoms with Gasteiger partial charge in [-0.25, -0.2) is 0 Å². The van der Waals surface area contributed by atoms with Crippen LogP contribution < -0.4 is 0 Å². The van der Waals surface area contributed by atoms with Crippen LogP contribution in [0.2, 0.25) is 0 Å². The lowest BCUT2D eigenvalue weighted by Gasteiger charge is -2.32. The lowest BCUT2D eigenvalue weighted by atomic mass is 9.82. The maximum absolute atomic E-state index is 12.5. The third kappa shape index (κ3) is 3.89. The van der Waals surface area contributed by atoms with Crippen molar-refractivity contribution in [1.29, 1.82) is 0 Å². The predicted octanol–water partition coefficient (Wildman–Crippen LogP) is 3.16. The summed E-state index contributed by atoms with van der Waals surface area (Å²) in [4.78, 5) is 14.5. The summed E-state index contributed by atoms with van der Waals surface area (Å²) in [5.74, 6) is 0.715. The van der Waals surface area contributed by atoms with Gasteiger partial charge in [0.05, 0.1) is 12.0 Å². The number of rotatable bonds is 4. The molecule has 1 heterocycles. The molecule has 22 heavy (non-hydrogen) atoms. The van der Waals surface area contributed by atoms with Gasteiger partial charge in [0.1, 0.15) is 0 Å². The Morgan fingerprint density at radius 1 is 1.18 bits per heavy atom. The normalized spacial score (nSPS) is 24.4. The molecular formula is C19H27NO2. The molecule has 2 aliphatic rings. The minimum Gasteiger partial charge on any atom is -0.389 e. The minimum absolute atomic E-state index is 0.153. The van der Waals surface area contributed by atoms with Crippen molar-refractivity contribution in [3.05, 3.63) is 35.9 Å². The first-order chi connectivity index (χ1) is 10.6. The number of carbonyl (C=O) groups excluding carboxylic acids is 1. The molecule has 1 aliphatic carbocycles. The molecule has 1 saturated heterocycles. The maximum atomic E-state index is 12.5. The highest BCUT2D eigenvalue weighted by Crippen LogP contribution is 2.32. The van der Waals surface area contributed by atoms with E-state index in [0.717, 1.165) is 51.6 Å². The maximum Gasteiger partial charge on any atom is 0.225 e. The van der Waals surface area contributed by atoms with Crippen molar-refractivity contribution in [2.24, 2.45) is 5.92 Å². The molecule has 1 aromatic carbocycles. The van der Waals surface area contributed by atoms with E-state index >= 15 is 0 Å². The number of benzene rings is 1. The van der Waals surface area contributed by atoms with Crippen LogP contribution in [-0.4, -0.2) is 34.6 Å². The number of hydrogen-bond acceptors (Lipinski definition) is 2. The first-order valence-corrected chi connectivity index (χ1v) is 8.69. The van der Waals surface area contributed by atoms with Gasteiger partial charge in [-0.1, -0.05) is 49.6 Å². The monoisotopic (exact) mass is 301 g/mol. The summed E-state index contributed by atoms with van der Waals surface area (Å²) >= 11 is 0. The summed E-state index contributed by atoms with van der Waals surface area (Å²) in [7, 11) is 0. The van der Waals surface area contributed by atoms with Crippen LogP contribution in [0.5, 0.6) is 0 Å². The van der Waals surface area contributed by atoms with E-state index in [1.165, 1.54) is 12.0 Å². The fourth-order valence-electron chi connectivity index (χ4n) is 3.95. The van der Waals surface area contributed by atoms with Crippen LogP contribution in [0.15, 0.2) is 30.3 Å². The third-order valence-electron chi connectivity index (χ3n) is 5.27. The second kappa shape index (κ2) is 6.82. The molecular weight excluding hydrogens is 274 g/mol. The molecule has 0 spiro atoms. The van der Waals surface area contributed by atoms with E-state index in [9.17, 15) is 9.90 Å². The van der Waals surface area contributed by atoms with Crippen molar-refractivity contribution in [2.75, 3.05) is 13.1 Å². The van der Waals surface area contributed by atoms with Crippen molar-refractivity contribution in [3.8, 4) is 0 Å². The number of nitrogens with zero attached hydrogens (tertiary/aromatic N) is 1. The van der Waals surface area contributed by atoms with Crippen molar-refractivity contribution >= 4 is 5.91 Å². The molecule has 1 aliphatic heterocycles. The number of carbonyl (C=O) groups is 1. The van der Waals surface area contributed by atoms with Gasteiger partial charge in [0.15, 0.2) is 0 Å². The van der Waals surface area contributed by atoms with E-state index in [-0.39, 0.29) is 5.91 Å². The quantitative estimate of drug-likeness (QED) is 0.928. The van der Waals surface area contributed by atoms with Crippen LogP contribution >= 0.6 is 0 Å². The van der Waals surface area contributed by atoms with Crippen molar-refractivity contribution in [3.63, 3.8) is 0 Å². The van der Waals surface area contributed by atoms with Gasteiger partial charge in [0, 0.05) is 13.1 Å². The molecule has 1 saturated carbocycles. The van der Waals surface area contributed by atoms with Crippen LogP contribution in [-0.2, 0) is 11.2 Å². The van der Waals surface area contributed by atoms with Crippen LogP contribution in [0.4, 0.5) is 0 Å². The molecule has 0 aromatic heterocycles. The largest absolute Gasteiger partial charge is 0.389 e. The van der Waals surface area contributed by atoms with E-state index < -0.39 is 5.60 Å². The molecule has 1 unspecified atom stereocenters. The van der Waals surface area contributed by atoms with Crippen molar-refractivity contribution in [2.45, 2.75) is 57.0 Å². The van der Waals surface area contributed by atoms with Gasteiger partial charge >= 0.3 is 0 Å². The van der Waals surface area contributed by atoms with E-state index in [2.05, 4.69) is 24.3 Å². The number of aliphatic hydroxyl groups is 1. The molecule has 1 N–H and O–H groups in total. The van der Waals surface area contributed by atoms with Gasteiger partial charge in [0.2, 0.25) is 5.91 Å². The van der Waals surface area contributed by atoms with Gasteiger partial charge in [-0.3, -0.25) is 4.79 Å². The summed E-state index contributed by atoms with van der Waals surface area (Å²) in [6, 6.07) is 10.5. The number of likely N-dealkylation sites (tertiary alicyclic amines) is 1. The van der Waals surface area contributed by atoms with Crippen molar-refractivity contribution < 1.29 is 9.90 Å². The van der Waals surface area contributed by atoms with E-state index in [4.69, 9.17) is 0 Å². The SMILES string of the molecule is O=C(CC1(O)CCCCC1)N1CCC(Cc2ccccc2)C1. The Hall–Kier alpha value is -1.35. The predicted molar refractivity (Wildman–Crippen MR) is 87.5 cm³/mol. The smallest absolute Gasteiger partial charge is 0.225 e. The molecule has 1 aromatic rings. The zero-order valence-corrected chi connectivity index (χ0v) is 13.3. The van der Waals surface area contributed by atoms with Gasteiger partial charge < -0.3 is 10.0 Å². The molecule has 120 valence electrons. The van der Waals surface area contributed by atoms with E-state index in [1.54, 1.807) is 0 Å². The Labute approximate surface area is 133 Å². The van der Waals surface area contributed by atoms with Gasteiger partial charge in [0.25, 0.3) is 0 Å². The Morgan fingerprint density at radius 2 is 1.91 bits per heavy atom. The second-order valence-electron chi connectivity index (χ2n) is 7.15. The molecule has 3 heteroatoms. The van der Waals surface area contributed by atoms with Crippen LogP contribution in [0.1, 0.15) is 50.5 Å². The Balaban J connectivity index is 1.50. The molecule has 0 radical (unpaired) electrons. The Bertz CT molecular complexity index is 493. The molecule has 0 bridgehead atoms. The van der Waals surface area contributed by atoms with Crippen LogP contribution in [0.3, 0.4) is 0 Å². The summed E-state index contributed by atoms with van der Waals surface area (Å²) in [6.45, 7) is 1.70. The van der Waals surface area contributed by atoms with Crippen LogP contribution in [0, 0.1) is 5.92 Å². The topological polar surface area (TPSA) is 40.5 Å². The highest BCUT2D eigenvalue weighted by Gasteiger charge is 2.35. The average molecular weight is 301 g/mol. The minimum atomic E-state index is -0.729. The fraction of sp³-hybridized carbons (Fsp3) is 0.632. The molecule has 1 amide bonds. The molecule has 3 nitrogen and oxygen atoms in total.